The molecule has 2 aromatic rings. The van der Waals surface area contributed by atoms with Crippen LogP contribution in [0.2, 0.25) is 0 Å². The van der Waals surface area contributed by atoms with Crippen LogP contribution in [0.3, 0.4) is 0 Å². The van der Waals surface area contributed by atoms with E-state index >= 15 is 0 Å². The fourth-order valence-corrected chi connectivity index (χ4v) is 4.24. The van der Waals surface area contributed by atoms with Crippen LogP contribution in [0.15, 0.2) is 31.8 Å². The van der Waals surface area contributed by atoms with Crippen LogP contribution in [-0.4, -0.2) is 5.78 Å². The molecule has 17 heavy (non-hydrogen) atoms. The molecule has 1 aromatic heterocycles. The minimum Gasteiger partial charge on any atom is -0.288 e. The fourth-order valence-electron chi connectivity index (χ4n) is 1.44. The molecule has 0 saturated carbocycles. The molecule has 0 N–H and O–H groups in total. The molecule has 2 rings (SSSR count). The predicted molar refractivity (Wildman–Crippen MR) is 74.3 cm³/mol. The van der Waals surface area contributed by atoms with Gasteiger partial charge >= 0.3 is 0 Å². The van der Waals surface area contributed by atoms with Gasteiger partial charge in [-0.1, -0.05) is 6.07 Å². The van der Waals surface area contributed by atoms with E-state index in [1.54, 1.807) is 19.1 Å². The summed E-state index contributed by atoms with van der Waals surface area (Å²) in [4.78, 5) is 12.1. The maximum Gasteiger partial charge on any atom is 0.198 e. The third-order valence-electron chi connectivity index (χ3n) is 2.27. The Labute approximate surface area is 119 Å². The van der Waals surface area contributed by atoms with E-state index in [1.165, 1.54) is 23.5 Å². The second kappa shape index (κ2) is 5.00. The second-order valence-corrected chi connectivity index (χ2v) is 7.30. The maximum atomic E-state index is 13.7. The number of thiophene rings is 1. The molecule has 1 aromatic carbocycles. The van der Waals surface area contributed by atoms with Crippen molar-refractivity contribution in [2.75, 3.05) is 0 Å². The van der Waals surface area contributed by atoms with Gasteiger partial charge in [0.2, 0.25) is 0 Å². The summed E-state index contributed by atoms with van der Waals surface area (Å²) in [6, 6.07) is 6.30. The smallest absolute Gasteiger partial charge is 0.198 e. The maximum absolute atomic E-state index is 13.7. The summed E-state index contributed by atoms with van der Waals surface area (Å²) < 4.78 is 15.2. The van der Waals surface area contributed by atoms with Gasteiger partial charge in [0, 0.05) is 5.56 Å². The van der Waals surface area contributed by atoms with E-state index in [9.17, 15) is 9.18 Å². The Morgan fingerprint density at radius 3 is 2.47 bits per heavy atom. The zero-order valence-corrected chi connectivity index (χ0v) is 12.7. The lowest BCUT2D eigenvalue weighted by Gasteiger charge is -2.02. The molecule has 0 amide bonds. The molecule has 0 radical (unpaired) electrons. The largest absolute Gasteiger partial charge is 0.288 e. The van der Waals surface area contributed by atoms with Crippen molar-refractivity contribution in [2.45, 2.75) is 6.92 Å². The number of aryl methyl sites for hydroxylation is 1. The molecule has 1 nitrogen and oxygen atoms in total. The van der Waals surface area contributed by atoms with E-state index in [4.69, 9.17) is 0 Å². The van der Waals surface area contributed by atoms with Crippen LogP contribution >= 0.6 is 43.2 Å². The first kappa shape index (κ1) is 12.9. The third-order valence-corrected chi connectivity index (χ3v) is 4.61. The number of carbonyl (C=O) groups excluding carboxylic acids is 1. The summed E-state index contributed by atoms with van der Waals surface area (Å²) in [5.41, 5.74) is 1.37. The first-order valence-electron chi connectivity index (χ1n) is 4.74. The first-order chi connectivity index (χ1) is 7.99. The molecule has 0 unspecified atom stereocenters. The van der Waals surface area contributed by atoms with E-state index in [1.807, 2.05) is 0 Å². The van der Waals surface area contributed by atoms with Crippen LogP contribution in [0.5, 0.6) is 0 Å². The van der Waals surface area contributed by atoms with Crippen LogP contribution in [0.4, 0.5) is 4.39 Å². The fraction of sp³-hybridized carbons (Fsp3) is 0.0833. The molecular weight excluding hydrogens is 371 g/mol. The number of carbonyl (C=O) groups is 1. The molecule has 0 atom stereocenters. The number of halogens is 3. The van der Waals surface area contributed by atoms with Crippen LogP contribution in [-0.2, 0) is 0 Å². The van der Waals surface area contributed by atoms with Gasteiger partial charge in [-0.3, -0.25) is 4.79 Å². The molecule has 88 valence electrons. The van der Waals surface area contributed by atoms with Gasteiger partial charge in [-0.25, -0.2) is 4.39 Å². The van der Waals surface area contributed by atoms with E-state index in [2.05, 4.69) is 31.9 Å². The van der Waals surface area contributed by atoms with Gasteiger partial charge in [-0.15, -0.1) is 11.3 Å². The normalized spacial score (nSPS) is 10.6. The van der Waals surface area contributed by atoms with Crippen LogP contribution in [0, 0.1) is 12.7 Å². The Hall–Kier alpha value is -0.520. The topological polar surface area (TPSA) is 17.1 Å². The van der Waals surface area contributed by atoms with E-state index < -0.39 is 5.82 Å². The summed E-state index contributed by atoms with van der Waals surface area (Å²) >= 11 is 7.99. The summed E-state index contributed by atoms with van der Waals surface area (Å²) in [7, 11) is 0. The minimum absolute atomic E-state index is 0.0987. The second-order valence-electron chi connectivity index (χ2n) is 3.55. The molecule has 0 aliphatic rings. The summed E-state index contributed by atoms with van der Waals surface area (Å²) in [6.07, 6.45) is 0. The van der Waals surface area contributed by atoms with Crippen molar-refractivity contribution >= 4 is 49.0 Å². The quantitative estimate of drug-likeness (QED) is 0.676. The molecule has 1 heterocycles. The number of hydrogen-bond donors (Lipinski definition) is 0. The first-order valence-corrected chi connectivity index (χ1v) is 7.15. The average molecular weight is 378 g/mol. The SMILES string of the molecule is Cc1ccc(C(=O)c2cc(Br)sc2Br)c(F)c1. The number of benzene rings is 1. The summed E-state index contributed by atoms with van der Waals surface area (Å²) in [5.74, 6) is -0.791. The van der Waals surface area contributed by atoms with Crippen molar-refractivity contribution in [3.63, 3.8) is 0 Å². The average Bonchev–Trinajstić information content (AvgIpc) is 2.57. The molecule has 0 bridgehead atoms. The molecule has 0 fully saturated rings. The summed E-state index contributed by atoms with van der Waals surface area (Å²) in [5, 5.41) is 0. The van der Waals surface area contributed by atoms with Gasteiger partial charge in [0.05, 0.1) is 13.1 Å². The number of rotatable bonds is 2. The van der Waals surface area contributed by atoms with E-state index in [-0.39, 0.29) is 11.3 Å². The highest BCUT2D eigenvalue weighted by Gasteiger charge is 2.18. The van der Waals surface area contributed by atoms with E-state index in [0.29, 0.717) is 9.35 Å². The van der Waals surface area contributed by atoms with Crippen molar-refractivity contribution in [2.24, 2.45) is 0 Å². The summed E-state index contributed by atoms with van der Waals surface area (Å²) in [6.45, 7) is 1.79. The molecule has 0 spiro atoms. The zero-order chi connectivity index (χ0) is 12.6. The lowest BCUT2D eigenvalue weighted by molar-refractivity contribution is 0.103. The van der Waals surface area contributed by atoms with Crippen LogP contribution in [0.1, 0.15) is 21.5 Å². The van der Waals surface area contributed by atoms with Gasteiger partial charge in [0.15, 0.2) is 5.78 Å². The van der Waals surface area contributed by atoms with Gasteiger partial charge < -0.3 is 0 Å². The Kier molecular flexibility index (Phi) is 3.80. The monoisotopic (exact) mass is 376 g/mol. The molecule has 0 saturated heterocycles. The standard InChI is InChI=1S/C12H7Br2FOS/c1-6-2-3-7(9(15)4-6)11(16)8-5-10(13)17-12(8)14/h2-5H,1H3. The van der Waals surface area contributed by atoms with E-state index in [0.717, 1.165) is 9.35 Å². The van der Waals surface area contributed by atoms with Gasteiger partial charge in [-0.05, 0) is 62.5 Å². The van der Waals surface area contributed by atoms with Crippen molar-refractivity contribution < 1.29 is 9.18 Å². The lowest BCUT2D eigenvalue weighted by atomic mass is 10.0. The molecule has 0 aliphatic carbocycles. The van der Waals surface area contributed by atoms with Crippen LogP contribution in [0.25, 0.3) is 0 Å². The van der Waals surface area contributed by atoms with Crippen molar-refractivity contribution in [1.82, 2.24) is 0 Å². The highest BCUT2D eigenvalue weighted by atomic mass is 79.9. The Balaban J connectivity index is 2.47. The number of hydrogen-bond acceptors (Lipinski definition) is 2. The van der Waals surface area contributed by atoms with Gasteiger partial charge in [0.25, 0.3) is 0 Å². The van der Waals surface area contributed by atoms with Crippen molar-refractivity contribution in [1.29, 1.82) is 0 Å². The highest BCUT2D eigenvalue weighted by molar-refractivity contribution is 9.12. The molecular formula is C12H7Br2FOS. The Morgan fingerprint density at radius 2 is 1.94 bits per heavy atom. The van der Waals surface area contributed by atoms with Crippen molar-refractivity contribution in [3.05, 3.63) is 54.3 Å². The minimum atomic E-state index is -0.482. The highest BCUT2D eigenvalue weighted by Crippen LogP contribution is 2.33. The Morgan fingerprint density at radius 1 is 1.24 bits per heavy atom. The third kappa shape index (κ3) is 2.67. The van der Waals surface area contributed by atoms with Crippen molar-refractivity contribution in [3.8, 4) is 0 Å². The number of ketones is 1. The molecule has 5 heteroatoms. The zero-order valence-electron chi connectivity index (χ0n) is 8.76. The molecule has 0 aliphatic heterocycles. The predicted octanol–water partition coefficient (Wildman–Crippen LogP) is 4.95. The van der Waals surface area contributed by atoms with Crippen LogP contribution < -0.4 is 0 Å². The Bertz CT molecular complexity index is 592. The van der Waals surface area contributed by atoms with Gasteiger partial charge in [0.1, 0.15) is 5.82 Å². The van der Waals surface area contributed by atoms with Gasteiger partial charge in [-0.2, -0.15) is 0 Å². The lowest BCUT2D eigenvalue weighted by Crippen LogP contribution is -2.03.